The molecule has 3 aromatic heterocycles. The van der Waals surface area contributed by atoms with Gasteiger partial charge in [-0.05, 0) is 39.0 Å². The Morgan fingerprint density at radius 2 is 1.95 bits per heavy atom. The fourth-order valence-electron chi connectivity index (χ4n) is 3.97. The monoisotopic (exact) mass is 587 g/mol. The molecule has 3 aromatic rings. The number of ether oxygens (including phenoxy) is 1. The van der Waals surface area contributed by atoms with E-state index in [1.165, 1.54) is 24.1 Å². The third-order valence-corrected chi connectivity index (χ3v) is 6.42. The van der Waals surface area contributed by atoms with Crippen LogP contribution in [-0.4, -0.2) is 26.8 Å². The van der Waals surface area contributed by atoms with Crippen LogP contribution in [0.25, 0.3) is 11.3 Å². The molecule has 0 aliphatic carbocycles. The molecule has 0 radical (unpaired) electrons. The first-order chi connectivity index (χ1) is 19.6. The van der Waals surface area contributed by atoms with Gasteiger partial charge in [-0.1, -0.05) is 23.2 Å². The van der Waals surface area contributed by atoms with Crippen LogP contribution in [0.5, 0.6) is 0 Å². The fourth-order valence-corrected chi connectivity index (χ4v) is 4.37. The highest BCUT2D eigenvalue weighted by atomic mass is 35.5. The van der Waals surface area contributed by atoms with E-state index in [1.54, 1.807) is 51.1 Å². The first-order valence-electron chi connectivity index (χ1n) is 12.7. The molecular formula is C28H23Cl2F2N5O3. The molecule has 40 heavy (non-hydrogen) atoms. The Labute approximate surface area is 241 Å². The molecule has 12 heteroatoms. The van der Waals surface area contributed by atoms with E-state index in [1.807, 2.05) is 0 Å². The van der Waals surface area contributed by atoms with Gasteiger partial charge in [-0.2, -0.15) is 0 Å². The number of hydrogen-bond donors (Lipinski definition) is 1. The van der Waals surface area contributed by atoms with Gasteiger partial charge in [0.25, 0.3) is 0 Å². The summed E-state index contributed by atoms with van der Waals surface area (Å²) in [5, 5.41) is 2.64. The number of rotatable bonds is 7. The zero-order chi connectivity index (χ0) is 31.0. The van der Waals surface area contributed by atoms with Crippen molar-refractivity contribution < 1.29 is 25.8 Å². The third-order valence-electron chi connectivity index (χ3n) is 5.76. The number of nitrogens with zero attached hydrogens (tertiary/aromatic N) is 4. The largest absolute Gasteiger partial charge is 0.485 e. The summed E-state index contributed by atoms with van der Waals surface area (Å²) in [4.78, 5) is 37.5. The molecule has 0 bridgehead atoms. The van der Waals surface area contributed by atoms with E-state index < -0.39 is 29.4 Å². The van der Waals surface area contributed by atoms with Crippen molar-refractivity contribution in [1.82, 2.24) is 20.3 Å². The lowest BCUT2D eigenvalue weighted by Crippen LogP contribution is -2.40. The molecule has 0 aromatic carbocycles. The molecule has 4 rings (SSSR count). The zero-order valence-electron chi connectivity index (χ0n) is 23.6. The Bertz CT molecular complexity index is 1710. The SMILES string of the molecule is [2H]C([2H])(OC1=C(Cl)C(=C=O)N(c2cc(-c3ccnc(C(C)(C)NC(C)=O)c3)ncc2Cl)C(C)=C1)c1ncc(F)cc1F. The second-order valence-electron chi connectivity index (χ2n) is 9.20. The quantitative estimate of drug-likeness (QED) is 0.341. The van der Waals surface area contributed by atoms with E-state index in [0.29, 0.717) is 40.6 Å². The van der Waals surface area contributed by atoms with Gasteiger partial charge < -0.3 is 15.0 Å². The van der Waals surface area contributed by atoms with Crippen LogP contribution in [0, 0.1) is 11.6 Å². The van der Waals surface area contributed by atoms with E-state index >= 15 is 0 Å². The summed E-state index contributed by atoms with van der Waals surface area (Å²) in [6, 6.07) is 5.55. The zero-order valence-corrected chi connectivity index (χ0v) is 23.2. The van der Waals surface area contributed by atoms with Crippen LogP contribution in [0.4, 0.5) is 14.5 Å². The number of nitrogens with one attached hydrogen (secondary N) is 1. The van der Waals surface area contributed by atoms with Crippen LogP contribution >= 0.6 is 23.2 Å². The van der Waals surface area contributed by atoms with Crippen molar-refractivity contribution in [3.8, 4) is 11.3 Å². The summed E-state index contributed by atoms with van der Waals surface area (Å²) < 4.78 is 49.3. The van der Waals surface area contributed by atoms with E-state index in [0.717, 1.165) is 0 Å². The van der Waals surface area contributed by atoms with Crippen LogP contribution in [0.3, 0.4) is 0 Å². The Balaban J connectivity index is 1.72. The summed E-state index contributed by atoms with van der Waals surface area (Å²) in [6.45, 7) is 3.72. The van der Waals surface area contributed by atoms with Crippen molar-refractivity contribution in [2.45, 2.75) is 39.8 Å². The summed E-state index contributed by atoms with van der Waals surface area (Å²) in [7, 11) is 0. The molecule has 8 nitrogen and oxygen atoms in total. The molecule has 0 unspecified atom stereocenters. The first-order valence-corrected chi connectivity index (χ1v) is 12.5. The third kappa shape index (κ3) is 6.04. The van der Waals surface area contributed by atoms with Crippen molar-refractivity contribution in [2.24, 2.45) is 0 Å². The van der Waals surface area contributed by atoms with Gasteiger partial charge in [0.15, 0.2) is 17.5 Å². The highest BCUT2D eigenvalue weighted by Gasteiger charge is 2.29. The van der Waals surface area contributed by atoms with Crippen molar-refractivity contribution >= 4 is 40.7 Å². The van der Waals surface area contributed by atoms with Gasteiger partial charge in [-0.25, -0.2) is 13.6 Å². The number of aromatic nitrogens is 3. The number of carbonyl (C=O) groups excluding carboxylic acids is 2. The van der Waals surface area contributed by atoms with Crippen LogP contribution < -0.4 is 10.2 Å². The van der Waals surface area contributed by atoms with Gasteiger partial charge in [-0.3, -0.25) is 19.7 Å². The van der Waals surface area contributed by atoms with Crippen molar-refractivity contribution in [2.75, 3.05) is 4.90 Å². The summed E-state index contributed by atoms with van der Waals surface area (Å²) in [6.07, 6.45) is 4.92. The van der Waals surface area contributed by atoms with Crippen LogP contribution in [0.2, 0.25) is 5.02 Å². The Hall–Kier alpha value is -4.11. The minimum Gasteiger partial charge on any atom is -0.485 e. The average Bonchev–Trinajstić information content (AvgIpc) is 2.90. The van der Waals surface area contributed by atoms with Gasteiger partial charge >= 0.3 is 0 Å². The van der Waals surface area contributed by atoms with Crippen LogP contribution in [-0.2, 0) is 26.4 Å². The molecule has 1 N–H and O–H groups in total. The maximum Gasteiger partial charge on any atom is 0.217 e. The van der Waals surface area contributed by atoms with Gasteiger partial charge in [0, 0.05) is 42.7 Å². The lowest BCUT2D eigenvalue weighted by atomic mass is 9.97. The van der Waals surface area contributed by atoms with Gasteiger partial charge in [0.05, 0.1) is 36.6 Å². The van der Waals surface area contributed by atoms with Crippen molar-refractivity contribution in [1.29, 1.82) is 0 Å². The molecule has 4 heterocycles. The number of allylic oxidation sites excluding steroid dienone is 3. The maximum atomic E-state index is 14.3. The second kappa shape index (κ2) is 11.6. The average molecular weight is 588 g/mol. The first kappa shape index (κ1) is 26.1. The molecule has 0 fully saturated rings. The molecular weight excluding hydrogens is 563 g/mol. The highest BCUT2D eigenvalue weighted by molar-refractivity contribution is 6.35. The van der Waals surface area contributed by atoms with Gasteiger partial charge in [0.2, 0.25) is 5.91 Å². The summed E-state index contributed by atoms with van der Waals surface area (Å²) in [5.74, 6) is -1.07. The Kier molecular flexibility index (Phi) is 7.55. The second-order valence-corrected chi connectivity index (χ2v) is 9.98. The lowest BCUT2D eigenvalue weighted by molar-refractivity contribution is -0.120. The van der Waals surface area contributed by atoms with E-state index in [2.05, 4.69) is 20.3 Å². The van der Waals surface area contributed by atoms with Gasteiger partial charge in [-0.15, -0.1) is 0 Å². The molecule has 1 aliphatic heterocycles. The topological polar surface area (TPSA) is 97.3 Å². The number of amides is 1. The molecule has 0 saturated heterocycles. The molecule has 1 aliphatic rings. The smallest absolute Gasteiger partial charge is 0.217 e. The number of hydrogen-bond acceptors (Lipinski definition) is 7. The number of anilines is 1. The minimum absolute atomic E-state index is 0.147. The minimum atomic E-state index is -2.88. The van der Waals surface area contributed by atoms with Crippen molar-refractivity contribution in [3.63, 3.8) is 0 Å². The van der Waals surface area contributed by atoms with E-state index in [4.69, 9.17) is 30.7 Å². The van der Waals surface area contributed by atoms with Crippen LogP contribution in [0.1, 0.15) is 41.8 Å². The van der Waals surface area contributed by atoms with Crippen molar-refractivity contribution in [3.05, 3.63) is 99.2 Å². The Morgan fingerprint density at radius 3 is 2.62 bits per heavy atom. The fraction of sp³-hybridized carbons (Fsp3) is 0.214. The van der Waals surface area contributed by atoms with Gasteiger partial charge in [0.1, 0.15) is 28.9 Å². The summed E-state index contributed by atoms with van der Waals surface area (Å²) >= 11 is 13.0. The molecule has 0 saturated carbocycles. The molecule has 0 spiro atoms. The highest BCUT2D eigenvalue weighted by Crippen LogP contribution is 2.40. The number of pyridine rings is 3. The Morgan fingerprint density at radius 1 is 1.20 bits per heavy atom. The standard InChI is InChI=1S/C28H23Cl2F2N5O3/c1-15-7-25(40-14-22-20(32)9-18(31)11-34-22)27(30)24(13-38)37(15)23-10-21(35-12-19(23)29)17-5-6-33-26(8-17)28(3,4)36-16(2)39/h5-12H,14H2,1-4H3,(H,36,39)/i14D2. The van der Waals surface area contributed by atoms with E-state index in [9.17, 15) is 18.4 Å². The van der Waals surface area contributed by atoms with E-state index in [-0.39, 0.29) is 27.4 Å². The normalized spacial score (nSPS) is 14.8. The predicted octanol–water partition coefficient (Wildman–Crippen LogP) is 5.95. The van der Waals surface area contributed by atoms with Crippen LogP contribution in [0.15, 0.2) is 71.1 Å². The molecule has 0 atom stereocenters. The summed E-state index contributed by atoms with van der Waals surface area (Å²) in [5.41, 5.74) is 0.415. The number of halogens is 4. The number of carbonyl (C=O) groups is 1. The maximum absolute atomic E-state index is 14.3. The predicted molar refractivity (Wildman–Crippen MR) is 147 cm³/mol. The molecule has 1 amide bonds. The lowest BCUT2D eigenvalue weighted by Gasteiger charge is -2.30. The molecule has 206 valence electrons.